The van der Waals surface area contributed by atoms with Crippen LogP contribution in [0, 0.1) is 11.8 Å². The summed E-state index contributed by atoms with van der Waals surface area (Å²) in [6.45, 7) is 3.75. The number of phenols is 1. The maximum Gasteiger partial charge on any atom is 0.223 e. The third-order valence-corrected chi connectivity index (χ3v) is 4.87. The molecule has 0 radical (unpaired) electrons. The van der Waals surface area contributed by atoms with Crippen molar-refractivity contribution in [3.8, 4) is 11.5 Å². The summed E-state index contributed by atoms with van der Waals surface area (Å²) in [7, 11) is 1.56. The van der Waals surface area contributed by atoms with Crippen molar-refractivity contribution in [2.45, 2.75) is 32.2 Å². The normalized spacial score (nSPS) is 19.5. The molecule has 2 fully saturated rings. The Morgan fingerprint density at radius 2 is 2.04 bits per heavy atom. The standard InChI is InChI=1S/C18H26N2O3/c1-23-17-5-2-14(10-16(17)21)12-20-8-6-13(7-9-20)11-19-18(22)15-3-4-15/h2,5,10,13,15,21H,3-4,6-9,11-12H2,1H3,(H,19,22). The number of nitrogens with one attached hydrogen (secondary N) is 1. The lowest BCUT2D eigenvalue weighted by atomic mass is 9.96. The minimum atomic E-state index is 0.197. The van der Waals surface area contributed by atoms with Gasteiger partial charge in [0.15, 0.2) is 11.5 Å². The molecular weight excluding hydrogens is 292 g/mol. The highest BCUT2D eigenvalue weighted by molar-refractivity contribution is 5.80. The van der Waals surface area contributed by atoms with Gasteiger partial charge >= 0.3 is 0 Å². The van der Waals surface area contributed by atoms with Gasteiger partial charge in [-0.05, 0) is 62.4 Å². The highest BCUT2D eigenvalue weighted by Crippen LogP contribution is 2.29. The SMILES string of the molecule is COc1ccc(CN2CCC(CNC(=O)C3CC3)CC2)cc1O. The first-order valence-electron chi connectivity index (χ1n) is 8.51. The molecule has 1 aromatic carbocycles. The quantitative estimate of drug-likeness (QED) is 0.843. The Morgan fingerprint density at radius 3 is 2.65 bits per heavy atom. The van der Waals surface area contributed by atoms with Crippen molar-refractivity contribution >= 4 is 5.91 Å². The molecule has 0 aromatic heterocycles. The van der Waals surface area contributed by atoms with Crippen LogP contribution in [-0.4, -0.2) is 42.7 Å². The van der Waals surface area contributed by atoms with E-state index in [4.69, 9.17) is 4.74 Å². The summed E-state index contributed by atoms with van der Waals surface area (Å²) >= 11 is 0. The van der Waals surface area contributed by atoms with Crippen LogP contribution in [0.3, 0.4) is 0 Å². The molecule has 0 unspecified atom stereocenters. The maximum atomic E-state index is 11.7. The molecule has 5 heteroatoms. The minimum Gasteiger partial charge on any atom is -0.504 e. The van der Waals surface area contributed by atoms with Crippen LogP contribution in [0.1, 0.15) is 31.2 Å². The summed E-state index contributed by atoms with van der Waals surface area (Å²) in [6.07, 6.45) is 4.37. The molecule has 0 atom stereocenters. The van der Waals surface area contributed by atoms with Crippen molar-refractivity contribution in [3.63, 3.8) is 0 Å². The van der Waals surface area contributed by atoms with Crippen LogP contribution in [0.5, 0.6) is 11.5 Å². The van der Waals surface area contributed by atoms with Crippen molar-refractivity contribution in [2.75, 3.05) is 26.7 Å². The van der Waals surface area contributed by atoms with E-state index in [0.717, 1.165) is 57.4 Å². The number of ether oxygens (including phenoxy) is 1. The fraction of sp³-hybridized carbons (Fsp3) is 0.611. The molecule has 1 aromatic rings. The number of carbonyl (C=O) groups is 1. The van der Waals surface area contributed by atoms with Gasteiger partial charge in [0.2, 0.25) is 5.91 Å². The molecular formula is C18H26N2O3. The van der Waals surface area contributed by atoms with Gasteiger partial charge in [0.05, 0.1) is 7.11 Å². The van der Waals surface area contributed by atoms with E-state index in [1.165, 1.54) is 0 Å². The van der Waals surface area contributed by atoms with Gasteiger partial charge in [-0.1, -0.05) is 6.07 Å². The number of nitrogens with zero attached hydrogens (tertiary/aromatic N) is 1. The Balaban J connectivity index is 1.41. The number of likely N-dealkylation sites (tertiary alicyclic amines) is 1. The molecule has 126 valence electrons. The lowest BCUT2D eigenvalue weighted by Gasteiger charge is -2.32. The van der Waals surface area contributed by atoms with Gasteiger partial charge < -0.3 is 15.2 Å². The van der Waals surface area contributed by atoms with Gasteiger partial charge in [-0.3, -0.25) is 9.69 Å². The molecule has 1 saturated carbocycles. The van der Waals surface area contributed by atoms with Crippen LogP contribution in [0.2, 0.25) is 0 Å². The fourth-order valence-electron chi connectivity index (χ4n) is 3.18. The van der Waals surface area contributed by atoms with Crippen molar-refractivity contribution in [2.24, 2.45) is 11.8 Å². The van der Waals surface area contributed by atoms with Crippen molar-refractivity contribution in [1.82, 2.24) is 10.2 Å². The molecule has 3 rings (SSSR count). The molecule has 2 N–H and O–H groups in total. The Morgan fingerprint density at radius 1 is 1.30 bits per heavy atom. The Labute approximate surface area is 137 Å². The summed E-state index contributed by atoms with van der Waals surface area (Å²) in [5.74, 6) is 1.86. The molecule has 23 heavy (non-hydrogen) atoms. The molecule has 0 spiro atoms. The van der Waals surface area contributed by atoms with Crippen LogP contribution >= 0.6 is 0 Å². The largest absolute Gasteiger partial charge is 0.504 e. The lowest BCUT2D eigenvalue weighted by molar-refractivity contribution is -0.122. The number of methoxy groups -OCH3 is 1. The predicted octanol–water partition coefficient (Wildman–Crippen LogP) is 2.14. The second-order valence-corrected chi connectivity index (χ2v) is 6.75. The third kappa shape index (κ3) is 4.38. The van der Waals surface area contributed by atoms with Gasteiger partial charge in [0.1, 0.15) is 0 Å². The first-order chi connectivity index (χ1) is 11.2. The van der Waals surface area contributed by atoms with Gasteiger partial charge in [-0.2, -0.15) is 0 Å². The zero-order valence-electron chi connectivity index (χ0n) is 13.8. The Kier molecular flexibility index (Phi) is 5.06. The first kappa shape index (κ1) is 16.1. The number of hydrogen-bond acceptors (Lipinski definition) is 4. The summed E-state index contributed by atoms with van der Waals surface area (Å²) in [4.78, 5) is 14.1. The number of carbonyl (C=O) groups excluding carboxylic acids is 1. The van der Waals surface area contributed by atoms with E-state index in [0.29, 0.717) is 17.6 Å². The molecule has 0 bridgehead atoms. The van der Waals surface area contributed by atoms with Gasteiger partial charge in [0.25, 0.3) is 0 Å². The Hall–Kier alpha value is -1.75. The molecule has 1 saturated heterocycles. The summed E-state index contributed by atoms with van der Waals surface area (Å²) in [5, 5.41) is 12.9. The fourth-order valence-corrected chi connectivity index (χ4v) is 3.18. The smallest absolute Gasteiger partial charge is 0.223 e. The van der Waals surface area contributed by atoms with Crippen LogP contribution in [0.4, 0.5) is 0 Å². The van der Waals surface area contributed by atoms with Crippen LogP contribution in [0.25, 0.3) is 0 Å². The van der Waals surface area contributed by atoms with Crippen LogP contribution < -0.4 is 10.1 Å². The van der Waals surface area contributed by atoms with Crippen molar-refractivity contribution < 1.29 is 14.6 Å². The summed E-state index contributed by atoms with van der Waals surface area (Å²) in [6, 6.07) is 5.59. The topological polar surface area (TPSA) is 61.8 Å². The number of benzene rings is 1. The van der Waals surface area contributed by atoms with E-state index in [1.54, 1.807) is 13.2 Å². The summed E-state index contributed by atoms with van der Waals surface area (Å²) in [5.41, 5.74) is 1.10. The predicted molar refractivity (Wildman–Crippen MR) is 88.4 cm³/mol. The number of piperidine rings is 1. The molecule has 2 aliphatic rings. The van der Waals surface area contributed by atoms with E-state index in [-0.39, 0.29) is 11.7 Å². The lowest BCUT2D eigenvalue weighted by Crippen LogP contribution is -2.38. The zero-order valence-corrected chi connectivity index (χ0v) is 13.8. The van der Waals surface area contributed by atoms with E-state index in [1.807, 2.05) is 12.1 Å². The average molecular weight is 318 g/mol. The van der Waals surface area contributed by atoms with E-state index in [2.05, 4.69) is 10.2 Å². The highest BCUT2D eigenvalue weighted by Gasteiger charge is 2.30. The molecule has 5 nitrogen and oxygen atoms in total. The van der Waals surface area contributed by atoms with Crippen LogP contribution in [-0.2, 0) is 11.3 Å². The highest BCUT2D eigenvalue weighted by atomic mass is 16.5. The molecule has 1 aliphatic heterocycles. The average Bonchev–Trinajstić information content (AvgIpc) is 3.39. The zero-order chi connectivity index (χ0) is 16.2. The number of amides is 1. The molecule has 1 heterocycles. The number of phenolic OH excluding ortho intramolecular Hbond substituents is 1. The monoisotopic (exact) mass is 318 g/mol. The number of aromatic hydroxyl groups is 1. The number of hydrogen-bond donors (Lipinski definition) is 2. The molecule has 1 amide bonds. The number of rotatable bonds is 6. The minimum absolute atomic E-state index is 0.197. The second-order valence-electron chi connectivity index (χ2n) is 6.75. The molecule has 1 aliphatic carbocycles. The van der Waals surface area contributed by atoms with Crippen molar-refractivity contribution in [3.05, 3.63) is 23.8 Å². The van der Waals surface area contributed by atoms with E-state index < -0.39 is 0 Å². The van der Waals surface area contributed by atoms with Crippen molar-refractivity contribution in [1.29, 1.82) is 0 Å². The van der Waals surface area contributed by atoms with E-state index >= 15 is 0 Å². The first-order valence-corrected chi connectivity index (χ1v) is 8.51. The summed E-state index contributed by atoms with van der Waals surface area (Å²) < 4.78 is 5.07. The van der Waals surface area contributed by atoms with Crippen LogP contribution in [0.15, 0.2) is 18.2 Å². The second kappa shape index (κ2) is 7.21. The maximum absolute atomic E-state index is 11.7. The van der Waals surface area contributed by atoms with Gasteiger partial charge in [0, 0.05) is 19.0 Å². The van der Waals surface area contributed by atoms with Gasteiger partial charge in [-0.25, -0.2) is 0 Å². The third-order valence-electron chi connectivity index (χ3n) is 4.87. The Bertz CT molecular complexity index is 549. The van der Waals surface area contributed by atoms with E-state index in [9.17, 15) is 9.90 Å². The van der Waals surface area contributed by atoms with Gasteiger partial charge in [-0.15, -0.1) is 0 Å².